The summed E-state index contributed by atoms with van der Waals surface area (Å²) in [5, 5.41) is 0. The fourth-order valence-electron chi connectivity index (χ4n) is 6.21. The van der Waals surface area contributed by atoms with Crippen LogP contribution in [0, 0.1) is 0 Å². The smallest absolute Gasteiger partial charge is 0.462 e. The molecule has 334 valence electrons. The minimum absolute atomic E-state index is 0.138. The van der Waals surface area contributed by atoms with Crippen LogP contribution in [-0.2, 0) is 28.2 Å². The zero-order chi connectivity index (χ0) is 42.5. The van der Waals surface area contributed by atoms with Crippen LogP contribution in [0.1, 0.15) is 206 Å². The largest absolute Gasteiger partial charge is 0.469 e. The van der Waals surface area contributed by atoms with E-state index in [1.807, 2.05) is 6.08 Å². The van der Waals surface area contributed by atoms with Gasteiger partial charge in [-0.05, 0) is 83.5 Å². The Kier molecular flexibility index (Phi) is 42.1. The van der Waals surface area contributed by atoms with Crippen molar-refractivity contribution in [2.45, 2.75) is 213 Å². The van der Waals surface area contributed by atoms with Gasteiger partial charge in [-0.15, -0.1) is 0 Å². The van der Waals surface area contributed by atoms with E-state index in [4.69, 9.17) is 19.3 Å². The van der Waals surface area contributed by atoms with Gasteiger partial charge in [0, 0.05) is 12.8 Å². The molecule has 0 fully saturated rings. The molecule has 0 aromatic rings. The van der Waals surface area contributed by atoms with Crippen LogP contribution in [0.25, 0.3) is 0 Å². The third kappa shape index (κ3) is 46.2. The van der Waals surface area contributed by atoms with Gasteiger partial charge >= 0.3 is 19.8 Å². The third-order valence-electron chi connectivity index (χ3n) is 9.68. The Bertz CT molecular complexity index is 1170. The highest BCUT2D eigenvalue weighted by Gasteiger charge is 2.22. The highest BCUT2D eigenvalue weighted by molar-refractivity contribution is 7.46. The molecule has 2 N–H and O–H groups in total. The number of phosphoric ester groups is 1. The Balaban J connectivity index is 4.00. The van der Waals surface area contributed by atoms with Gasteiger partial charge in [0.25, 0.3) is 0 Å². The van der Waals surface area contributed by atoms with Gasteiger partial charge in [-0.2, -0.15) is 0 Å². The maximum absolute atomic E-state index is 12.4. The van der Waals surface area contributed by atoms with E-state index in [1.54, 1.807) is 0 Å². The lowest BCUT2D eigenvalue weighted by Crippen LogP contribution is -2.29. The third-order valence-corrected chi connectivity index (χ3v) is 10.2. The van der Waals surface area contributed by atoms with Gasteiger partial charge in [-0.1, -0.05) is 183 Å². The molecule has 0 bridgehead atoms. The number of unbranched alkanes of at least 4 members (excludes halogenated alkanes) is 20. The molecule has 0 aromatic carbocycles. The van der Waals surface area contributed by atoms with Crippen molar-refractivity contribution in [1.29, 1.82) is 0 Å². The van der Waals surface area contributed by atoms with E-state index < -0.39 is 32.5 Å². The van der Waals surface area contributed by atoms with E-state index in [-0.39, 0.29) is 19.4 Å². The van der Waals surface area contributed by atoms with Crippen molar-refractivity contribution in [3.8, 4) is 0 Å². The Morgan fingerprint density at radius 3 is 1.26 bits per heavy atom. The molecule has 0 saturated carbocycles. The summed E-state index contributed by atoms with van der Waals surface area (Å²) in [4.78, 5) is 42.9. The van der Waals surface area contributed by atoms with Crippen LogP contribution >= 0.6 is 7.82 Å². The fourth-order valence-corrected chi connectivity index (χ4v) is 6.57. The topological polar surface area (TPSA) is 119 Å². The molecule has 0 unspecified atom stereocenters. The second-order valence-electron chi connectivity index (χ2n) is 15.4. The molecule has 0 aliphatic rings. The normalized spacial score (nSPS) is 13.1. The Hall–Kier alpha value is -2.51. The molecule has 0 radical (unpaired) electrons. The number of esters is 2. The molecule has 58 heavy (non-hydrogen) atoms. The standard InChI is InChI=1S/C49H85O8P/c1-3-5-7-9-11-13-15-17-19-21-22-23-24-25-26-28-30-32-34-36-38-40-42-44-49(51)57-47(46-56-58(52,53)54)45-55-48(50)43-41-39-37-35-33-31-29-27-20-18-16-14-12-10-8-6-4-2/h12,14,18,20,28-31,35-38,47H,3-11,13,15-17,19,21-27,32-34,39-46H2,1-2H3,(H2,52,53,54)/b14-12+,20-18+,30-28+,31-29+,37-35+,38-36+/t47-/m1/s1. The molecule has 0 aliphatic carbocycles. The number of carbonyl (C=O) groups is 2. The summed E-state index contributed by atoms with van der Waals surface area (Å²) in [6, 6.07) is 0. The number of phosphoric acid groups is 1. The van der Waals surface area contributed by atoms with Crippen LogP contribution in [0.4, 0.5) is 0 Å². The molecule has 1 atom stereocenters. The molecule has 0 saturated heterocycles. The van der Waals surface area contributed by atoms with Crippen LogP contribution < -0.4 is 0 Å². The highest BCUT2D eigenvalue weighted by Crippen LogP contribution is 2.36. The minimum atomic E-state index is -4.78. The second kappa shape index (κ2) is 44.1. The number of allylic oxidation sites excluding steroid dienone is 12. The van der Waals surface area contributed by atoms with Crippen LogP contribution in [0.15, 0.2) is 72.9 Å². The van der Waals surface area contributed by atoms with Gasteiger partial charge in [0.1, 0.15) is 6.61 Å². The summed E-state index contributed by atoms with van der Waals surface area (Å²) in [7, 11) is -4.78. The van der Waals surface area contributed by atoms with Gasteiger partial charge < -0.3 is 19.3 Å². The molecule has 0 amide bonds. The summed E-state index contributed by atoms with van der Waals surface area (Å²) in [5.41, 5.74) is 0. The Labute approximate surface area is 355 Å². The minimum Gasteiger partial charge on any atom is -0.462 e. The van der Waals surface area contributed by atoms with Gasteiger partial charge in [-0.25, -0.2) is 4.57 Å². The Morgan fingerprint density at radius 2 is 0.793 bits per heavy atom. The molecule has 8 nitrogen and oxygen atoms in total. The molecule has 9 heteroatoms. The van der Waals surface area contributed by atoms with Crippen molar-refractivity contribution in [2.24, 2.45) is 0 Å². The van der Waals surface area contributed by atoms with E-state index in [0.29, 0.717) is 12.8 Å². The molecule has 0 spiro atoms. The average molecular weight is 833 g/mol. The monoisotopic (exact) mass is 833 g/mol. The SMILES string of the molecule is CCCCC/C=C/C/C=C/C/C=C/C/C=C/CCCC(=O)OC[C@H](COP(=O)(O)O)OC(=O)CCC/C=C/CC/C=C/CCCCCCCCCCCCCCCC. The zero-order valence-corrected chi connectivity index (χ0v) is 37.8. The van der Waals surface area contributed by atoms with Crippen molar-refractivity contribution < 1.29 is 37.9 Å². The van der Waals surface area contributed by atoms with Crippen molar-refractivity contribution in [3.05, 3.63) is 72.9 Å². The van der Waals surface area contributed by atoms with Crippen LogP contribution in [0.5, 0.6) is 0 Å². The van der Waals surface area contributed by atoms with Gasteiger partial charge in [0.05, 0.1) is 6.61 Å². The highest BCUT2D eigenvalue weighted by atomic mass is 31.2. The first-order chi connectivity index (χ1) is 28.3. The lowest BCUT2D eigenvalue weighted by atomic mass is 10.0. The van der Waals surface area contributed by atoms with Crippen LogP contribution in [0.2, 0.25) is 0 Å². The number of hydrogen-bond donors (Lipinski definition) is 2. The molecule has 0 heterocycles. The zero-order valence-electron chi connectivity index (χ0n) is 36.9. The lowest BCUT2D eigenvalue weighted by Gasteiger charge is -2.18. The number of hydrogen-bond acceptors (Lipinski definition) is 6. The maximum atomic E-state index is 12.4. The van der Waals surface area contributed by atoms with Crippen molar-refractivity contribution in [2.75, 3.05) is 13.2 Å². The van der Waals surface area contributed by atoms with E-state index in [9.17, 15) is 14.2 Å². The summed E-state index contributed by atoms with van der Waals surface area (Å²) < 4.78 is 26.3. The van der Waals surface area contributed by atoms with Crippen molar-refractivity contribution in [3.63, 3.8) is 0 Å². The number of rotatable bonds is 42. The second-order valence-corrected chi connectivity index (χ2v) is 16.6. The van der Waals surface area contributed by atoms with Crippen molar-refractivity contribution >= 4 is 19.8 Å². The predicted octanol–water partition coefficient (Wildman–Crippen LogP) is 14.6. The fraction of sp³-hybridized carbons (Fsp3) is 0.714. The maximum Gasteiger partial charge on any atom is 0.469 e. The molecule has 0 aliphatic heterocycles. The lowest BCUT2D eigenvalue weighted by molar-refractivity contribution is -0.161. The van der Waals surface area contributed by atoms with Crippen LogP contribution in [-0.4, -0.2) is 41.0 Å². The summed E-state index contributed by atoms with van der Waals surface area (Å²) in [5.74, 6) is -1.00. The van der Waals surface area contributed by atoms with E-state index in [2.05, 4.69) is 85.2 Å². The first kappa shape index (κ1) is 55.5. The number of ether oxygens (including phenoxy) is 2. The van der Waals surface area contributed by atoms with Crippen LogP contribution in [0.3, 0.4) is 0 Å². The molecule has 0 aromatic heterocycles. The Morgan fingerprint density at radius 1 is 0.448 bits per heavy atom. The summed E-state index contributed by atoms with van der Waals surface area (Å²) >= 11 is 0. The van der Waals surface area contributed by atoms with Gasteiger partial charge in [0.15, 0.2) is 6.10 Å². The molecular formula is C49H85O8P. The van der Waals surface area contributed by atoms with Gasteiger partial charge in [0.2, 0.25) is 0 Å². The van der Waals surface area contributed by atoms with E-state index >= 15 is 0 Å². The number of carbonyl (C=O) groups excluding carboxylic acids is 2. The van der Waals surface area contributed by atoms with Gasteiger partial charge in [-0.3, -0.25) is 14.1 Å². The molecule has 0 rings (SSSR count). The summed E-state index contributed by atoms with van der Waals surface area (Å²) in [6.45, 7) is 3.59. The summed E-state index contributed by atoms with van der Waals surface area (Å²) in [6.07, 6.45) is 57.9. The first-order valence-electron chi connectivity index (χ1n) is 23.2. The van der Waals surface area contributed by atoms with E-state index in [0.717, 1.165) is 51.4 Å². The van der Waals surface area contributed by atoms with E-state index in [1.165, 1.54) is 116 Å². The first-order valence-corrected chi connectivity index (χ1v) is 24.8. The predicted molar refractivity (Wildman–Crippen MR) is 244 cm³/mol. The quantitative estimate of drug-likeness (QED) is 0.0270. The average Bonchev–Trinajstić information content (AvgIpc) is 3.20. The molecular weight excluding hydrogens is 748 g/mol. The van der Waals surface area contributed by atoms with Crippen molar-refractivity contribution in [1.82, 2.24) is 0 Å².